The fraction of sp³-hybridized carbons (Fsp3) is 1.00. The van der Waals surface area contributed by atoms with Crippen molar-refractivity contribution in [2.24, 2.45) is 5.92 Å². The van der Waals surface area contributed by atoms with Gasteiger partial charge in [0.05, 0.1) is 0 Å². The molecule has 128 valence electrons. The lowest BCUT2D eigenvalue weighted by Crippen LogP contribution is -2.42. The zero-order valence-electron chi connectivity index (χ0n) is 13.3. The van der Waals surface area contributed by atoms with Crippen molar-refractivity contribution in [1.82, 2.24) is 19.6 Å². The number of piperazine rings is 1. The van der Waals surface area contributed by atoms with E-state index in [1.54, 1.807) is 0 Å². The van der Waals surface area contributed by atoms with Crippen LogP contribution in [0, 0.1) is 5.92 Å². The summed E-state index contributed by atoms with van der Waals surface area (Å²) in [6.07, 6.45) is 2.87. The largest absolute Gasteiger partial charge is 0.304 e. The van der Waals surface area contributed by atoms with Crippen molar-refractivity contribution >= 4 is 0 Å². The molecule has 3 fully saturated rings. The maximum atomic E-state index is 2.54. The van der Waals surface area contributed by atoms with E-state index in [2.05, 4.69) is 47.8 Å². The molecule has 0 unspecified atom stereocenters. The van der Waals surface area contributed by atoms with E-state index in [1.807, 2.05) is 0 Å². The lowest BCUT2D eigenvalue weighted by atomic mass is 9.93. The van der Waals surface area contributed by atoms with Gasteiger partial charge in [-0.1, -0.05) is 14.9 Å². The predicted octanol–water partition coefficient (Wildman–Crippen LogP) is 1.78. The lowest BCUT2D eigenvalue weighted by molar-refractivity contribution is 0.157. The van der Waals surface area contributed by atoms with Crippen LogP contribution in [-0.2, 0) is 0 Å². The maximum absolute atomic E-state index is 2.54. The zero-order chi connectivity index (χ0) is 13.8. The average molecular weight is 301 g/mol. The van der Waals surface area contributed by atoms with Crippen molar-refractivity contribution < 1.29 is 0 Å². The Labute approximate surface area is 134 Å². The molecule has 0 aromatic rings. The standard InChI is InChI=1S/C9H18N2.C6H14N2.2CH4/c1-10-6-8-4-3-5-11(2)9(8)7-10;1-7-3-5-8(2)6-4-7;;/h8-9H,3-7H2,1-2H3;3-6H2,1-2H3;2*1H4/t8-,9+;;;/m0.../s1. The first-order chi connectivity index (χ1) is 9.06. The Hall–Kier alpha value is -0.160. The quantitative estimate of drug-likeness (QED) is 0.676. The van der Waals surface area contributed by atoms with Crippen LogP contribution in [0.2, 0.25) is 0 Å². The molecule has 4 heteroatoms. The fourth-order valence-corrected chi connectivity index (χ4v) is 3.52. The van der Waals surface area contributed by atoms with Crippen LogP contribution in [-0.4, -0.2) is 99.6 Å². The summed E-state index contributed by atoms with van der Waals surface area (Å²) in [7, 11) is 8.86. The lowest BCUT2D eigenvalue weighted by Gasteiger charge is -2.33. The van der Waals surface area contributed by atoms with Crippen molar-refractivity contribution in [2.45, 2.75) is 33.7 Å². The van der Waals surface area contributed by atoms with Gasteiger partial charge in [-0.3, -0.25) is 0 Å². The van der Waals surface area contributed by atoms with E-state index >= 15 is 0 Å². The normalized spacial score (nSPS) is 31.4. The SMILES string of the molecule is C.C.CN1CCN(C)CC1.CN1C[C@@H]2CCCN(C)[C@@H]2C1. The van der Waals surface area contributed by atoms with Gasteiger partial charge in [0.25, 0.3) is 0 Å². The Kier molecular flexibility index (Phi) is 9.70. The van der Waals surface area contributed by atoms with E-state index in [0.29, 0.717) is 0 Å². The number of nitrogens with zero attached hydrogens (tertiary/aromatic N) is 4. The van der Waals surface area contributed by atoms with Gasteiger partial charge < -0.3 is 19.6 Å². The third-order valence-electron chi connectivity index (χ3n) is 4.97. The highest BCUT2D eigenvalue weighted by atomic mass is 15.2. The molecule has 0 radical (unpaired) electrons. The molecule has 0 aromatic heterocycles. The second kappa shape index (κ2) is 9.78. The molecule has 4 nitrogen and oxygen atoms in total. The van der Waals surface area contributed by atoms with Gasteiger partial charge in [0.15, 0.2) is 0 Å². The Morgan fingerprint density at radius 3 is 1.67 bits per heavy atom. The maximum Gasteiger partial charge on any atom is 0.0260 e. The van der Waals surface area contributed by atoms with Crippen molar-refractivity contribution in [1.29, 1.82) is 0 Å². The summed E-state index contributed by atoms with van der Waals surface area (Å²) in [5.74, 6) is 0.971. The smallest absolute Gasteiger partial charge is 0.0260 e. The molecule has 0 spiro atoms. The highest BCUT2D eigenvalue weighted by Gasteiger charge is 2.35. The zero-order valence-corrected chi connectivity index (χ0v) is 13.3. The number of likely N-dealkylation sites (tertiary alicyclic amines) is 2. The first-order valence-electron chi connectivity index (χ1n) is 7.82. The topological polar surface area (TPSA) is 13.0 Å². The number of likely N-dealkylation sites (N-methyl/N-ethyl adjacent to an activating group) is 4. The molecule has 3 aliphatic heterocycles. The van der Waals surface area contributed by atoms with Gasteiger partial charge in [-0.25, -0.2) is 0 Å². The molecule has 21 heavy (non-hydrogen) atoms. The molecule has 0 aliphatic carbocycles. The van der Waals surface area contributed by atoms with E-state index in [9.17, 15) is 0 Å². The summed E-state index contributed by atoms with van der Waals surface area (Å²) in [5, 5.41) is 0. The minimum Gasteiger partial charge on any atom is -0.304 e. The first-order valence-corrected chi connectivity index (χ1v) is 7.82. The van der Waals surface area contributed by atoms with Gasteiger partial charge in [0, 0.05) is 45.3 Å². The number of hydrogen-bond acceptors (Lipinski definition) is 4. The van der Waals surface area contributed by atoms with Crippen LogP contribution in [0.25, 0.3) is 0 Å². The van der Waals surface area contributed by atoms with Crippen LogP contribution in [0.3, 0.4) is 0 Å². The second-order valence-corrected chi connectivity index (χ2v) is 6.78. The summed E-state index contributed by atoms with van der Waals surface area (Å²) in [4.78, 5) is 9.73. The van der Waals surface area contributed by atoms with Gasteiger partial charge >= 0.3 is 0 Å². The molecule has 3 aliphatic rings. The van der Waals surface area contributed by atoms with Crippen molar-refractivity contribution in [3.63, 3.8) is 0 Å². The molecular weight excluding hydrogens is 260 g/mol. The molecule has 3 heterocycles. The van der Waals surface area contributed by atoms with Crippen LogP contribution in [0.1, 0.15) is 27.7 Å². The Balaban J connectivity index is 0.000000363. The third-order valence-corrected chi connectivity index (χ3v) is 4.97. The Morgan fingerprint density at radius 1 is 0.667 bits per heavy atom. The average Bonchev–Trinajstić information content (AvgIpc) is 2.76. The van der Waals surface area contributed by atoms with E-state index in [4.69, 9.17) is 0 Å². The molecule has 0 saturated carbocycles. The summed E-state index contributed by atoms with van der Waals surface area (Å²) >= 11 is 0. The fourth-order valence-electron chi connectivity index (χ4n) is 3.52. The summed E-state index contributed by atoms with van der Waals surface area (Å²) < 4.78 is 0. The van der Waals surface area contributed by atoms with Crippen molar-refractivity contribution in [2.75, 3.05) is 74.0 Å². The van der Waals surface area contributed by atoms with E-state index < -0.39 is 0 Å². The van der Waals surface area contributed by atoms with E-state index in [0.717, 1.165) is 12.0 Å². The number of hydrogen-bond donors (Lipinski definition) is 0. The monoisotopic (exact) mass is 300 g/mol. The summed E-state index contributed by atoms with van der Waals surface area (Å²) in [6, 6.07) is 0.869. The molecular formula is C17H40N4. The molecule has 2 atom stereocenters. The van der Waals surface area contributed by atoms with Crippen molar-refractivity contribution in [3.8, 4) is 0 Å². The minimum atomic E-state index is 0. The molecule has 0 amide bonds. The summed E-state index contributed by atoms with van der Waals surface area (Å²) in [6.45, 7) is 8.87. The highest BCUT2D eigenvalue weighted by Crippen LogP contribution is 2.28. The number of rotatable bonds is 0. The number of piperidine rings is 1. The Bertz CT molecular complexity index is 254. The van der Waals surface area contributed by atoms with Crippen LogP contribution in [0.5, 0.6) is 0 Å². The first kappa shape index (κ1) is 20.8. The predicted molar refractivity (Wildman–Crippen MR) is 95.1 cm³/mol. The molecule has 0 aromatic carbocycles. The molecule has 3 rings (SSSR count). The molecule has 3 saturated heterocycles. The highest BCUT2D eigenvalue weighted by molar-refractivity contribution is 4.91. The number of fused-ring (bicyclic) bond motifs is 1. The van der Waals surface area contributed by atoms with Gasteiger partial charge in [-0.2, -0.15) is 0 Å². The molecule has 0 bridgehead atoms. The third kappa shape index (κ3) is 6.23. The van der Waals surface area contributed by atoms with E-state index in [-0.39, 0.29) is 14.9 Å². The van der Waals surface area contributed by atoms with Gasteiger partial charge in [-0.05, 0) is 53.5 Å². The van der Waals surface area contributed by atoms with Crippen molar-refractivity contribution in [3.05, 3.63) is 0 Å². The van der Waals surface area contributed by atoms with Crippen LogP contribution < -0.4 is 0 Å². The van der Waals surface area contributed by atoms with Crippen LogP contribution in [0.4, 0.5) is 0 Å². The van der Waals surface area contributed by atoms with Crippen LogP contribution >= 0.6 is 0 Å². The van der Waals surface area contributed by atoms with Gasteiger partial charge in [-0.15, -0.1) is 0 Å². The molecule has 0 N–H and O–H groups in total. The van der Waals surface area contributed by atoms with E-state index in [1.165, 1.54) is 58.7 Å². The summed E-state index contributed by atoms with van der Waals surface area (Å²) in [5.41, 5.74) is 0. The van der Waals surface area contributed by atoms with Crippen LogP contribution in [0.15, 0.2) is 0 Å². The Morgan fingerprint density at radius 2 is 1.19 bits per heavy atom. The van der Waals surface area contributed by atoms with Gasteiger partial charge in [0.1, 0.15) is 0 Å². The second-order valence-electron chi connectivity index (χ2n) is 6.78. The van der Waals surface area contributed by atoms with Gasteiger partial charge in [0.2, 0.25) is 0 Å². The minimum absolute atomic E-state index is 0.